The van der Waals surface area contributed by atoms with E-state index in [1.165, 1.54) is 13.0 Å². The van der Waals surface area contributed by atoms with E-state index in [1.54, 1.807) is 13.1 Å². The summed E-state index contributed by atoms with van der Waals surface area (Å²) in [5.41, 5.74) is 1.90. The number of aromatic nitrogens is 3. The summed E-state index contributed by atoms with van der Waals surface area (Å²) in [6.45, 7) is 3.09. The van der Waals surface area contributed by atoms with Crippen LogP contribution in [0.1, 0.15) is 11.5 Å². The Morgan fingerprint density at radius 2 is 1.88 bits per heavy atom. The van der Waals surface area contributed by atoms with E-state index in [0.29, 0.717) is 5.76 Å². The minimum absolute atomic E-state index is 0.00108. The molecule has 0 aliphatic rings. The molecule has 132 valence electrons. The SMILES string of the molecule is Cc1noc(C)c1S(=O)(=O)Nc1cc(-c2ccc3ncccc3c2)on1. The molecule has 0 aliphatic heterocycles. The average Bonchev–Trinajstić information content (AvgIpc) is 3.20. The predicted molar refractivity (Wildman–Crippen MR) is 94.0 cm³/mol. The van der Waals surface area contributed by atoms with E-state index in [1.807, 2.05) is 30.3 Å². The molecule has 3 aromatic heterocycles. The van der Waals surface area contributed by atoms with Gasteiger partial charge in [0.05, 0.1) is 5.52 Å². The zero-order valence-corrected chi connectivity index (χ0v) is 14.7. The summed E-state index contributed by atoms with van der Waals surface area (Å²) in [5, 5.41) is 8.40. The highest BCUT2D eigenvalue weighted by molar-refractivity contribution is 7.92. The maximum atomic E-state index is 12.5. The first-order valence-electron chi connectivity index (χ1n) is 7.71. The summed E-state index contributed by atoms with van der Waals surface area (Å²) in [5.74, 6) is 0.722. The van der Waals surface area contributed by atoms with Gasteiger partial charge in [0.1, 0.15) is 5.69 Å². The molecular weight excluding hydrogens is 356 g/mol. The second-order valence-corrected chi connectivity index (χ2v) is 7.37. The van der Waals surface area contributed by atoms with Gasteiger partial charge in [-0.15, -0.1) is 0 Å². The first-order chi connectivity index (χ1) is 12.4. The molecule has 3 heterocycles. The normalized spacial score (nSPS) is 11.8. The van der Waals surface area contributed by atoms with E-state index >= 15 is 0 Å². The Bertz CT molecular complexity index is 1190. The van der Waals surface area contributed by atoms with Crippen molar-refractivity contribution >= 4 is 26.7 Å². The Hall–Kier alpha value is -3.20. The van der Waals surface area contributed by atoms with Gasteiger partial charge in [0.2, 0.25) is 0 Å². The van der Waals surface area contributed by atoms with E-state index in [9.17, 15) is 8.42 Å². The molecule has 0 spiro atoms. The molecular formula is C17H14N4O4S. The fourth-order valence-corrected chi connectivity index (χ4v) is 4.05. The fraction of sp³-hybridized carbons (Fsp3) is 0.118. The summed E-state index contributed by atoms with van der Waals surface area (Å²) in [7, 11) is -3.87. The maximum absolute atomic E-state index is 12.5. The molecule has 4 aromatic rings. The molecule has 0 fully saturated rings. The number of aryl methyl sites for hydroxylation is 2. The number of hydrogen-bond donors (Lipinski definition) is 1. The summed E-state index contributed by atoms with van der Waals surface area (Å²) in [6.07, 6.45) is 1.72. The van der Waals surface area contributed by atoms with Crippen LogP contribution in [0.4, 0.5) is 5.82 Å². The van der Waals surface area contributed by atoms with Crippen molar-refractivity contribution in [3.63, 3.8) is 0 Å². The number of fused-ring (bicyclic) bond motifs is 1. The van der Waals surface area contributed by atoms with Crippen LogP contribution >= 0.6 is 0 Å². The van der Waals surface area contributed by atoms with Crippen molar-refractivity contribution < 1.29 is 17.5 Å². The van der Waals surface area contributed by atoms with Crippen LogP contribution in [-0.2, 0) is 10.0 Å². The van der Waals surface area contributed by atoms with Crippen LogP contribution in [0.15, 0.2) is 56.5 Å². The zero-order valence-electron chi connectivity index (χ0n) is 13.9. The van der Waals surface area contributed by atoms with Gasteiger partial charge in [-0.2, -0.15) is 0 Å². The Morgan fingerprint density at radius 3 is 2.65 bits per heavy atom. The molecule has 0 saturated carbocycles. The maximum Gasteiger partial charge on any atom is 0.268 e. The molecule has 1 N–H and O–H groups in total. The highest BCUT2D eigenvalue weighted by Gasteiger charge is 2.25. The van der Waals surface area contributed by atoms with Crippen LogP contribution in [0, 0.1) is 13.8 Å². The standard InChI is InChI=1S/C17H14N4O4S/c1-10-17(11(2)24-19-10)26(22,23)21-16-9-15(25-20-16)13-5-6-14-12(8-13)4-3-7-18-14/h3-9H,1-2H3,(H,20,21). The number of nitrogens with one attached hydrogen (secondary N) is 1. The first-order valence-corrected chi connectivity index (χ1v) is 9.20. The lowest BCUT2D eigenvalue weighted by atomic mass is 10.1. The van der Waals surface area contributed by atoms with Crippen molar-refractivity contribution in [1.82, 2.24) is 15.3 Å². The van der Waals surface area contributed by atoms with Crippen LogP contribution in [0.25, 0.3) is 22.2 Å². The highest BCUT2D eigenvalue weighted by Crippen LogP contribution is 2.27. The molecule has 0 radical (unpaired) electrons. The van der Waals surface area contributed by atoms with Crippen LogP contribution in [0.3, 0.4) is 0 Å². The van der Waals surface area contributed by atoms with Gasteiger partial charge < -0.3 is 9.05 Å². The van der Waals surface area contributed by atoms with E-state index in [0.717, 1.165) is 16.5 Å². The Labute approximate surface area is 148 Å². The number of benzene rings is 1. The third-order valence-corrected chi connectivity index (χ3v) is 5.47. The number of rotatable bonds is 4. The summed E-state index contributed by atoms with van der Waals surface area (Å²) in [6, 6.07) is 10.9. The molecule has 9 heteroatoms. The molecule has 0 aliphatic carbocycles. The molecule has 0 bridgehead atoms. The van der Waals surface area contributed by atoms with Gasteiger partial charge in [-0.05, 0) is 38.1 Å². The molecule has 26 heavy (non-hydrogen) atoms. The average molecular weight is 370 g/mol. The smallest absolute Gasteiger partial charge is 0.268 e. The van der Waals surface area contributed by atoms with Crippen LogP contribution in [-0.4, -0.2) is 23.7 Å². The summed E-state index contributed by atoms with van der Waals surface area (Å²) in [4.78, 5) is 4.26. The van der Waals surface area contributed by atoms with Gasteiger partial charge in [-0.3, -0.25) is 9.71 Å². The molecule has 8 nitrogen and oxygen atoms in total. The minimum atomic E-state index is -3.87. The van der Waals surface area contributed by atoms with Crippen molar-refractivity contribution in [1.29, 1.82) is 0 Å². The molecule has 1 aromatic carbocycles. The number of pyridine rings is 1. The summed E-state index contributed by atoms with van der Waals surface area (Å²) < 4.78 is 37.6. The lowest BCUT2D eigenvalue weighted by molar-refractivity contribution is 0.390. The van der Waals surface area contributed by atoms with E-state index in [2.05, 4.69) is 20.0 Å². The number of sulfonamides is 1. The summed E-state index contributed by atoms with van der Waals surface area (Å²) >= 11 is 0. The lowest BCUT2D eigenvalue weighted by Crippen LogP contribution is -2.14. The first kappa shape index (κ1) is 16.3. The number of hydrogen-bond acceptors (Lipinski definition) is 7. The van der Waals surface area contributed by atoms with Crippen molar-refractivity contribution in [2.75, 3.05) is 4.72 Å². The number of nitrogens with zero attached hydrogens (tertiary/aromatic N) is 3. The minimum Gasteiger partial charge on any atom is -0.360 e. The van der Waals surface area contributed by atoms with Crippen LogP contribution in [0.5, 0.6) is 0 Å². The largest absolute Gasteiger partial charge is 0.360 e. The van der Waals surface area contributed by atoms with Gasteiger partial charge in [0.15, 0.2) is 22.2 Å². The van der Waals surface area contributed by atoms with Gasteiger partial charge in [-0.25, -0.2) is 8.42 Å². The zero-order chi connectivity index (χ0) is 18.3. The topological polar surface area (TPSA) is 111 Å². The fourth-order valence-electron chi connectivity index (χ4n) is 2.74. The quantitative estimate of drug-likeness (QED) is 0.586. The van der Waals surface area contributed by atoms with Gasteiger partial charge in [-0.1, -0.05) is 16.4 Å². The van der Waals surface area contributed by atoms with E-state index in [-0.39, 0.29) is 22.2 Å². The Morgan fingerprint density at radius 1 is 1.04 bits per heavy atom. The van der Waals surface area contributed by atoms with E-state index in [4.69, 9.17) is 9.05 Å². The molecule has 0 atom stereocenters. The van der Waals surface area contributed by atoms with Crippen molar-refractivity contribution in [3.8, 4) is 11.3 Å². The molecule has 0 amide bonds. The molecule has 0 saturated heterocycles. The Kier molecular flexibility index (Phi) is 3.73. The van der Waals surface area contributed by atoms with Gasteiger partial charge in [0, 0.05) is 23.2 Å². The second kappa shape index (κ2) is 5.95. The third-order valence-electron chi connectivity index (χ3n) is 3.87. The molecule has 4 rings (SSSR count). The van der Waals surface area contributed by atoms with Crippen molar-refractivity contribution in [2.24, 2.45) is 0 Å². The predicted octanol–water partition coefficient (Wildman–Crippen LogP) is 3.30. The van der Waals surface area contributed by atoms with E-state index < -0.39 is 10.0 Å². The lowest BCUT2D eigenvalue weighted by Gasteiger charge is -2.03. The Balaban J connectivity index is 1.65. The van der Waals surface area contributed by atoms with Crippen molar-refractivity contribution in [3.05, 3.63) is 54.0 Å². The van der Waals surface area contributed by atoms with Crippen molar-refractivity contribution in [2.45, 2.75) is 18.7 Å². The van der Waals surface area contributed by atoms with Crippen LogP contribution < -0.4 is 4.72 Å². The third kappa shape index (κ3) is 2.82. The van der Waals surface area contributed by atoms with Crippen LogP contribution in [0.2, 0.25) is 0 Å². The van der Waals surface area contributed by atoms with Gasteiger partial charge in [0.25, 0.3) is 10.0 Å². The highest BCUT2D eigenvalue weighted by atomic mass is 32.2. The number of anilines is 1. The second-order valence-electron chi connectivity index (χ2n) is 5.75. The monoisotopic (exact) mass is 370 g/mol. The van der Waals surface area contributed by atoms with Gasteiger partial charge >= 0.3 is 0 Å². The molecule has 0 unspecified atom stereocenters.